The third kappa shape index (κ3) is 4.71. The van der Waals surface area contributed by atoms with Gasteiger partial charge in [-0.2, -0.15) is 0 Å². The maximum absolute atomic E-state index is 11.7. The topological polar surface area (TPSA) is 90.5 Å². The van der Waals surface area contributed by atoms with Gasteiger partial charge in [-0.15, -0.1) is 0 Å². The molecule has 0 heterocycles. The number of nitrogens with one attached hydrogen (secondary N) is 3. The molecule has 0 saturated carbocycles. The minimum absolute atomic E-state index is 0.121. The van der Waals surface area contributed by atoms with E-state index in [0.717, 1.165) is 0 Å². The maximum Gasteiger partial charge on any atom is 0.321 e. The monoisotopic (exact) mass is 347 g/mol. The molecule has 0 aromatic heterocycles. The summed E-state index contributed by atoms with van der Waals surface area (Å²) in [5.41, 5.74) is 1.81. The second-order valence-electron chi connectivity index (χ2n) is 5.03. The summed E-state index contributed by atoms with van der Waals surface area (Å²) in [7, 11) is 1.42. The van der Waals surface area contributed by atoms with Gasteiger partial charge in [0.15, 0.2) is 0 Å². The molecule has 4 N–H and O–H groups in total. The Bertz CT molecular complexity index is 722. The zero-order valence-corrected chi connectivity index (χ0v) is 13.8. The van der Waals surface area contributed by atoms with Crippen LogP contribution in [0.5, 0.6) is 0 Å². The van der Waals surface area contributed by atoms with Gasteiger partial charge >= 0.3 is 6.03 Å². The number of rotatable bonds is 5. The highest BCUT2D eigenvalue weighted by Gasteiger charge is 2.16. The van der Waals surface area contributed by atoms with E-state index in [1.165, 1.54) is 7.05 Å². The first-order chi connectivity index (χ1) is 11.5. The van der Waals surface area contributed by atoms with Gasteiger partial charge in [-0.3, -0.25) is 10.1 Å². The van der Waals surface area contributed by atoms with E-state index in [-0.39, 0.29) is 6.54 Å². The molecule has 0 bridgehead atoms. The zero-order valence-electron chi connectivity index (χ0n) is 13.0. The van der Waals surface area contributed by atoms with E-state index in [4.69, 9.17) is 11.6 Å². The van der Waals surface area contributed by atoms with E-state index in [9.17, 15) is 14.7 Å². The molecule has 0 aliphatic carbocycles. The molecule has 0 aliphatic rings. The largest absolute Gasteiger partial charge is 0.384 e. The van der Waals surface area contributed by atoms with Crippen LogP contribution in [0.25, 0.3) is 0 Å². The van der Waals surface area contributed by atoms with E-state index in [2.05, 4.69) is 16.0 Å². The van der Waals surface area contributed by atoms with Gasteiger partial charge in [-0.25, -0.2) is 4.79 Å². The van der Waals surface area contributed by atoms with Crippen LogP contribution in [-0.4, -0.2) is 30.6 Å². The maximum atomic E-state index is 11.7. The number of halogens is 1. The number of aliphatic hydroxyl groups excluding tert-OH is 1. The molecular weight excluding hydrogens is 330 g/mol. The number of carbonyl (C=O) groups is 2. The van der Waals surface area contributed by atoms with Crippen molar-refractivity contribution < 1.29 is 14.7 Å². The van der Waals surface area contributed by atoms with E-state index in [1.807, 2.05) is 18.2 Å². The molecule has 1 atom stereocenters. The smallest absolute Gasteiger partial charge is 0.321 e. The molecule has 6 nitrogen and oxygen atoms in total. The second-order valence-corrected chi connectivity index (χ2v) is 5.46. The fraction of sp³-hybridized carbons (Fsp3) is 0.176. The lowest BCUT2D eigenvalue weighted by Crippen LogP contribution is -2.40. The first kappa shape index (κ1) is 17.8. The normalized spacial score (nSPS) is 11.5. The Morgan fingerprint density at radius 3 is 2.54 bits per heavy atom. The summed E-state index contributed by atoms with van der Waals surface area (Å²) in [6.07, 6.45) is -0.894. The molecule has 7 heteroatoms. The van der Waals surface area contributed by atoms with Crippen molar-refractivity contribution in [1.82, 2.24) is 10.6 Å². The summed E-state index contributed by atoms with van der Waals surface area (Å²) in [6, 6.07) is 13.5. The minimum Gasteiger partial charge on any atom is -0.384 e. The first-order valence-corrected chi connectivity index (χ1v) is 7.67. The third-order valence-corrected chi connectivity index (χ3v) is 3.58. The molecule has 126 valence electrons. The van der Waals surface area contributed by atoms with Crippen LogP contribution in [-0.2, 0) is 4.79 Å². The van der Waals surface area contributed by atoms with Crippen LogP contribution in [0.15, 0.2) is 48.5 Å². The number of aliphatic hydroxyl groups is 1. The fourth-order valence-electron chi connectivity index (χ4n) is 2.14. The standard InChI is InChI=1S/C17H18ClN3O3/c1-19-17(24)21-15(22)10-20-14-8-7-12(18)9-13(14)16(23)11-5-3-2-4-6-11/h2-9,16,20,23H,10H2,1H3,(H2,19,21,22,24). The van der Waals surface area contributed by atoms with Gasteiger partial charge in [0.2, 0.25) is 5.91 Å². The number of imide groups is 1. The number of benzene rings is 2. The number of carbonyl (C=O) groups excluding carboxylic acids is 2. The van der Waals surface area contributed by atoms with E-state index >= 15 is 0 Å². The number of hydrogen-bond donors (Lipinski definition) is 4. The average Bonchev–Trinajstić information content (AvgIpc) is 2.60. The number of anilines is 1. The van der Waals surface area contributed by atoms with Gasteiger partial charge in [0.05, 0.1) is 6.54 Å². The van der Waals surface area contributed by atoms with Crippen molar-refractivity contribution in [1.29, 1.82) is 0 Å². The molecule has 0 fully saturated rings. The SMILES string of the molecule is CNC(=O)NC(=O)CNc1ccc(Cl)cc1C(O)c1ccccc1. The van der Waals surface area contributed by atoms with Gasteiger partial charge in [-0.1, -0.05) is 41.9 Å². The van der Waals surface area contributed by atoms with Gasteiger partial charge in [0, 0.05) is 23.3 Å². The van der Waals surface area contributed by atoms with Crippen LogP contribution in [0.1, 0.15) is 17.2 Å². The molecule has 24 heavy (non-hydrogen) atoms. The van der Waals surface area contributed by atoms with Crippen molar-refractivity contribution in [2.45, 2.75) is 6.10 Å². The molecule has 2 aromatic rings. The summed E-state index contributed by atoms with van der Waals surface area (Å²) in [6.45, 7) is -0.121. The van der Waals surface area contributed by atoms with E-state index in [0.29, 0.717) is 21.8 Å². The highest BCUT2D eigenvalue weighted by atomic mass is 35.5. The lowest BCUT2D eigenvalue weighted by molar-refractivity contribution is -0.118. The summed E-state index contributed by atoms with van der Waals surface area (Å²) >= 11 is 6.03. The lowest BCUT2D eigenvalue weighted by Gasteiger charge is -2.17. The Labute approximate surface area is 144 Å². The molecule has 3 amide bonds. The van der Waals surface area contributed by atoms with Crippen molar-refractivity contribution in [3.8, 4) is 0 Å². The van der Waals surface area contributed by atoms with E-state index < -0.39 is 18.0 Å². The molecule has 0 radical (unpaired) electrons. The summed E-state index contributed by atoms with van der Waals surface area (Å²) in [5, 5.41) is 18.4. The van der Waals surface area contributed by atoms with Crippen molar-refractivity contribution >= 4 is 29.2 Å². The van der Waals surface area contributed by atoms with Crippen molar-refractivity contribution in [2.75, 3.05) is 18.9 Å². The quantitative estimate of drug-likeness (QED) is 0.668. The summed E-state index contributed by atoms with van der Waals surface area (Å²) in [4.78, 5) is 22.8. The molecule has 2 aromatic carbocycles. The van der Waals surface area contributed by atoms with Crippen LogP contribution in [0, 0.1) is 0 Å². The molecule has 1 unspecified atom stereocenters. The zero-order chi connectivity index (χ0) is 17.5. The van der Waals surface area contributed by atoms with Gasteiger partial charge in [0.25, 0.3) is 0 Å². The highest BCUT2D eigenvalue weighted by Crippen LogP contribution is 2.30. The Morgan fingerprint density at radius 2 is 1.88 bits per heavy atom. The van der Waals surface area contributed by atoms with Crippen LogP contribution < -0.4 is 16.0 Å². The molecule has 0 saturated heterocycles. The van der Waals surface area contributed by atoms with Crippen molar-refractivity contribution in [3.63, 3.8) is 0 Å². The fourth-order valence-corrected chi connectivity index (χ4v) is 2.33. The van der Waals surface area contributed by atoms with Crippen LogP contribution >= 0.6 is 11.6 Å². The van der Waals surface area contributed by atoms with Gasteiger partial charge < -0.3 is 15.7 Å². The number of hydrogen-bond acceptors (Lipinski definition) is 4. The lowest BCUT2D eigenvalue weighted by atomic mass is 10.00. The summed E-state index contributed by atoms with van der Waals surface area (Å²) in [5.74, 6) is -0.496. The van der Waals surface area contributed by atoms with Crippen molar-refractivity contribution in [2.24, 2.45) is 0 Å². The number of urea groups is 1. The molecule has 0 aliphatic heterocycles. The Hall–Kier alpha value is -2.57. The Morgan fingerprint density at radius 1 is 1.17 bits per heavy atom. The molecule has 2 rings (SSSR count). The molecule has 0 spiro atoms. The Kier molecular flexibility index (Phi) is 6.17. The van der Waals surface area contributed by atoms with E-state index in [1.54, 1.807) is 30.3 Å². The first-order valence-electron chi connectivity index (χ1n) is 7.29. The molecular formula is C17H18ClN3O3. The minimum atomic E-state index is -0.894. The predicted octanol–water partition coefficient (Wildman–Crippen LogP) is 2.29. The number of amides is 3. The average molecular weight is 348 g/mol. The third-order valence-electron chi connectivity index (χ3n) is 3.34. The van der Waals surface area contributed by atoms with Crippen LogP contribution in [0.3, 0.4) is 0 Å². The Balaban J connectivity index is 2.16. The van der Waals surface area contributed by atoms with Crippen LogP contribution in [0.4, 0.5) is 10.5 Å². The predicted molar refractivity (Wildman–Crippen MR) is 93.0 cm³/mol. The highest BCUT2D eigenvalue weighted by molar-refractivity contribution is 6.30. The second kappa shape index (κ2) is 8.33. The summed E-state index contributed by atoms with van der Waals surface area (Å²) < 4.78 is 0. The van der Waals surface area contributed by atoms with Gasteiger partial charge in [-0.05, 0) is 23.8 Å². The van der Waals surface area contributed by atoms with Crippen LogP contribution in [0.2, 0.25) is 5.02 Å². The van der Waals surface area contributed by atoms with Gasteiger partial charge in [0.1, 0.15) is 6.10 Å². The van der Waals surface area contributed by atoms with Crippen molar-refractivity contribution in [3.05, 3.63) is 64.7 Å².